The van der Waals surface area contributed by atoms with Crippen LogP contribution in [0.4, 0.5) is 5.69 Å². The van der Waals surface area contributed by atoms with E-state index < -0.39 is 5.97 Å². The Kier molecular flexibility index (Phi) is 4.61. The number of ether oxygens (including phenoxy) is 3. The number of esters is 1. The van der Waals surface area contributed by atoms with Gasteiger partial charge in [-0.2, -0.15) is 0 Å². The molecule has 6 heteroatoms. The molecule has 0 fully saturated rings. The molecule has 1 heterocycles. The third-order valence-corrected chi connectivity index (χ3v) is 2.65. The lowest BCUT2D eigenvalue weighted by Crippen LogP contribution is -2.05. The molecule has 2 aromatic rings. The van der Waals surface area contributed by atoms with E-state index in [1.54, 1.807) is 37.3 Å². The Hall–Kier alpha value is -2.76. The zero-order chi connectivity index (χ0) is 15.2. The van der Waals surface area contributed by atoms with Crippen LogP contribution in [0.2, 0.25) is 0 Å². The van der Waals surface area contributed by atoms with E-state index in [1.165, 1.54) is 13.3 Å². The molecule has 110 valence electrons. The fraction of sp³-hybridized carbons (Fsp3) is 0.200. The maximum Gasteiger partial charge on any atom is 0.339 e. The van der Waals surface area contributed by atoms with E-state index in [2.05, 4.69) is 4.98 Å². The maximum absolute atomic E-state index is 11.5. The molecule has 0 radical (unpaired) electrons. The first-order valence-electron chi connectivity index (χ1n) is 6.38. The number of pyridine rings is 1. The summed E-state index contributed by atoms with van der Waals surface area (Å²) in [6.45, 7) is 2.07. The van der Waals surface area contributed by atoms with E-state index in [-0.39, 0.29) is 0 Å². The fourth-order valence-electron chi connectivity index (χ4n) is 1.66. The predicted molar refractivity (Wildman–Crippen MR) is 77.7 cm³/mol. The Bertz CT molecular complexity index is 626. The largest absolute Gasteiger partial charge is 0.493 e. The SMILES string of the molecule is CCOC(=O)c1ccc(Oc2ccc(N)cc2OC)nc1. The van der Waals surface area contributed by atoms with Gasteiger partial charge in [0.2, 0.25) is 5.88 Å². The molecule has 1 aromatic carbocycles. The third-order valence-electron chi connectivity index (χ3n) is 2.65. The summed E-state index contributed by atoms with van der Waals surface area (Å²) in [4.78, 5) is 15.6. The first-order valence-corrected chi connectivity index (χ1v) is 6.38. The number of carbonyl (C=O) groups excluding carboxylic acids is 1. The molecule has 2 N–H and O–H groups in total. The summed E-state index contributed by atoms with van der Waals surface area (Å²) in [6.07, 6.45) is 1.40. The molecular formula is C15H16N2O4. The fourth-order valence-corrected chi connectivity index (χ4v) is 1.66. The molecule has 2 rings (SSSR count). The molecule has 0 aliphatic heterocycles. The van der Waals surface area contributed by atoms with Crippen molar-refractivity contribution >= 4 is 11.7 Å². The Morgan fingerprint density at radius 1 is 1.24 bits per heavy atom. The van der Waals surface area contributed by atoms with Crippen LogP contribution in [0.1, 0.15) is 17.3 Å². The topological polar surface area (TPSA) is 83.7 Å². The van der Waals surface area contributed by atoms with Crippen molar-refractivity contribution in [1.82, 2.24) is 4.98 Å². The van der Waals surface area contributed by atoms with E-state index in [1.807, 2.05) is 0 Å². The number of nitrogen functional groups attached to an aromatic ring is 1. The number of hydrogen-bond donors (Lipinski definition) is 1. The number of anilines is 1. The van der Waals surface area contributed by atoms with E-state index >= 15 is 0 Å². The second-order valence-corrected chi connectivity index (χ2v) is 4.12. The number of nitrogens with two attached hydrogens (primary N) is 1. The Morgan fingerprint density at radius 3 is 2.67 bits per heavy atom. The van der Waals surface area contributed by atoms with Gasteiger partial charge in [-0.05, 0) is 25.1 Å². The normalized spacial score (nSPS) is 10.0. The van der Waals surface area contributed by atoms with Gasteiger partial charge in [0.05, 0.1) is 19.3 Å². The number of methoxy groups -OCH3 is 1. The zero-order valence-electron chi connectivity index (χ0n) is 11.8. The molecule has 0 atom stereocenters. The van der Waals surface area contributed by atoms with Crippen molar-refractivity contribution in [1.29, 1.82) is 0 Å². The number of hydrogen-bond acceptors (Lipinski definition) is 6. The Morgan fingerprint density at radius 2 is 2.05 bits per heavy atom. The lowest BCUT2D eigenvalue weighted by molar-refractivity contribution is 0.0526. The highest BCUT2D eigenvalue weighted by atomic mass is 16.5. The lowest BCUT2D eigenvalue weighted by Gasteiger charge is -2.10. The molecule has 0 aliphatic carbocycles. The van der Waals surface area contributed by atoms with Gasteiger partial charge in [-0.25, -0.2) is 9.78 Å². The first kappa shape index (κ1) is 14.6. The van der Waals surface area contributed by atoms with Crippen LogP contribution < -0.4 is 15.2 Å². The zero-order valence-corrected chi connectivity index (χ0v) is 11.8. The molecule has 0 bridgehead atoms. The molecule has 0 unspecified atom stereocenters. The summed E-state index contributed by atoms with van der Waals surface area (Å²) in [6, 6.07) is 8.22. The van der Waals surface area contributed by atoms with E-state index in [0.717, 1.165) is 0 Å². The van der Waals surface area contributed by atoms with Crippen molar-refractivity contribution in [2.24, 2.45) is 0 Å². The molecule has 0 amide bonds. The quantitative estimate of drug-likeness (QED) is 0.672. The molecule has 6 nitrogen and oxygen atoms in total. The molecule has 1 aromatic heterocycles. The molecule has 0 saturated carbocycles. The van der Waals surface area contributed by atoms with Crippen LogP contribution in [-0.2, 0) is 4.74 Å². The predicted octanol–water partition coefficient (Wildman–Crippen LogP) is 2.64. The van der Waals surface area contributed by atoms with Crippen LogP contribution in [0.3, 0.4) is 0 Å². The van der Waals surface area contributed by atoms with Gasteiger partial charge in [0, 0.05) is 24.0 Å². The highest BCUT2D eigenvalue weighted by Gasteiger charge is 2.09. The second-order valence-electron chi connectivity index (χ2n) is 4.12. The second kappa shape index (κ2) is 6.60. The van der Waals surface area contributed by atoms with Crippen LogP contribution in [-0.4, -0.2) is 24.7 Å². The highest BCUT2D eigenvalue weighted by Crippen LogP contribution is 2.32. The van der Waals surface area contributed by atoms with Crippen molar-refractivity contribution in [2.45, 2.75) is 6.92 Å². The minimum atomic E-state index is -0.415. The third kappa shape index (κ3) is 3.62. The van der Waals surface area contributed by atoms with Crippen LogP contribution >= 0.6 is 0 Å². The number of benzene rings is 1. The van der Waals surface area contributed by atoms with Gasteiger partial charge in [-0.1, -0.05) is 0 Å². The minimum Gasteiger partial charge on any atom is -0.493 e. The molecular weight excluding hydrogens is 272 g/mol. The van der Waals surface area contributed by atoms with Crippen LogP contribution in [0.25, 0.3) is 0 Å². The van der Waals surface area contributed by atoms with Crippen molar-refractivity contribution < 1.29 is 19.0 Å². The Balaban J connectivity index is 2.15. The number of aromatic nitrogens is 1. The summed E-state index contributed by atoms with van der Waals surface area (Å²) >= 11 is 0. The Labute approximate surface area is 122 Å². The minimum absolute atomic E-state index is 0.319. The van der Waals surface area contributed by atoms with Crippen molar-refractivity contribution in [2.75, 3.05) is 19.5 Å². The molecule has 21 heavy (non-hydrogen) atoms. The number of rotatable bonds is 5. The van der Waals surface area contributed by atoms with Crippen LogP contribution in [0, 0.1) is 0 Å². The van der Waals surface area contributed by atoms with Gasteiger partial charge in [0.15, 0.2) is 11.5 Å². The average Bonchev–Trinajstić information content (AvgIpc) is 2.50. The van der Waals surface area contributed by atoms with E-state index in [9.17, 15) is 4.79 Å². The summed E-state index contributed by atoms with van der Waals surface area (Å²) in [5, 5.41) is 0. The molecule has 0 aliphatic rings. The summed E-state index contributed by atoms with van der Waals surface area (Å²) in [5.74, 6) is 0.919. The van der Waals surface area contributed by atoms with Crippen molar-refractivity contribution in [3.05, 3.63) is 42.1 Å². The summed E-state index contributed by atoms with van der Waals surface area (Å²) in [5.41, 5.74) is 6.62. The van der Waals surface area contributed by atoms with Crippen LogP contribution in [0.5, 0.6) is 17.4 Å². The molecule has 0 saturated heterocycles. The standard InChI is InChI=1S/C15H16N2O4/c1-3-20-15(18)10-4-7-14(17-9-10)21-12-6-5-11(16)8-13(12)19-2/h4-9H,3,16H2,1-2H3. The monoisotopic (exact) mass is 288 g/mol. The number of carbonyl (C=O) groups is 1. The summed E-state index contributed by atoms with van der Waals surface area (Å²) in [7, 11) is 1.53. The average molecular weight is 288 g/mol. The van der Waals surface area contributed by atoms with Crippen LogP contribution in [0.15, 0.2) is 36.5 Å². The smallest absolute Gasteiger partial charge is 0.339 e. The first-order chi connectivity index (χ1) is 10.1. The number of nitrogens with zero attached hydrogens (tertiary/aromatic N) is 1. The lowest BCUT2D eigenvalue weighted by atomic mass is 10.3. The van der Waals surface area contributed by atoms with Gasteiger partial charge < -0.3 is 19.9 Å². The maximum atomic E-state index is 11.5. The highest BCUT2D eigenvalue weighted by molar-refractivity contribution is 5.89. The van der Waals surface area contributed by atoms with Crippen molar-refractivity contribution in [3.8, 4) is 17.4 Å². The van der Waals surface area contributed by atoms with E-state index in [0.29, 0.717) is 35.2 Å². The van der Waals surface area contributed by atoms with Gasteiger partial charge in [-0.15, -0.1) is 0 Å². The van der Waals surface area contributed by atoms with Gasteiger partial charge >= 0.3 is 5.97 Å². The molecule has 0 spiro atoms. The van der Waals surface area contributed by atoms with Crippen molar-refractivity contribution in [3.63, 3.8) is 0 Å². The van der Waals surface area contributed by atoms with Gasteiger partial charge in [0.25, 0.3) is 0 Å². The summed E-state index contributed by atoms with van der Waals surface area (Å²) < 4.78 is 15.7. The van der Waals surface area contributed by atoms with E-state index in [4.69, 9.17) is 19.9 Å². The van der Waals surface area contributed by atoms with Gasteiger partial charge in [0.1, 0.15) is 0 Å². The van der Waals surface area contributed by atoms with Gasteiger partial charge in [-0.3, -0.25) is 0 Å².